The van der Waals surface area contributed by atoms with E-state index in [1.54, 1.807) is 61.5 Å². The second-order valence-corrected chi connectivity index (χ2v) is 8.90. The summed E-state index contributed by atoms with van der Waals surface area (Å²) < 4.78 is 22.9. The van der Waals surface area contributed by atoms with Gasteiger partial charge in [0.1, 0.15) is 0 Å². The smallest absolute Gasteiger partial charge is 0.280 e. The number of carbonyl (C=O) groups excluding carboxylic acids is 2. The maximum absolute atomic E-state index is 12.9. The van der Waals surface area contributed by atoms with Gasteiger partial charge in [0.15, 0.2) is 0 Å². The van der Waals surface area contributed by atoms with E-state index < -0.39 is 10.0 Å². The molecule has 3 N–H and O–H groups in total. The fourth-order valence-corrected chi connectivity index (χ4v) is 3.77. The molecular formula is C24H20N4O4S. The second-order valence-electron chi connectivity index (χ2n) is 7.34. The van der Waals surface area contributed by atoms with E-state index in [4.69, 9.17) is 5.14 Å². The first-order valence-corrected chi connectivity index (χ1v) is 11.5. The molecular weight excluding hydrogens is 440 g/mol. The largest absolute Gasteiger partial charge is 0.322 e. The van der Waals surface area contributed by atoms with Crippen LogP contribution in [0.3, 0.4) is 0 Å². The molecule has 3 aromatic carbocycles. The molecule has 0 aliphatic carbocycles. The van der Waals surface area contributed by atoms with Crippen molar-refractivity contribution in [3.8, 4) is 0 Å². The van der Waals surface area contributed by atoms with E-state index in [9.17, 15) is 18.0 Å². The molecule has 166 valence electrons. The number of hydrogen-bond donors (Lipinski definition) is 2. The molecule has 1 aliphatic heterocycles. The SMILES string of the molecule is CC1=NN(c2ccc(S(N)(=O)=O)cc2)C(=O)/C1=C\c1ccc(NC(=O)c2ccccc2)cc1. The lowest BCUT2D eigenvalue weighted by Gasteiger charge is -2.12. The first kappa shape index (κ1) is 22.1. The number of anilines is 2. The predicted molar refractivity (Wildman–Crippen MR) is 127 cm³/mol. The molecule has 0 atom stereocenters. The number of rotatable bonds is 5. The minimum absolute atomic E-state index is 0.0474. The van der Waals surface area contributed by atoms with Crippen molar-refractivity contribution in [3.63, 3.8) is 0 Å². The zero-order valence-corrected chi connectivity index (χ0v) is 18.4. The van der Waals surface area contributed by atoms with Gasteiger partial charge < -0.3 is 5.32 Å². The second kappa shape index (κ2) is 8.81. The van der Waals surface area contributed by atoms with E-state index >= 15 is 0 Å². The van der Waals surface area contributed by atoms with Crippen molar-refractivity contribution in [1.82, 2.24) is 0 Å². The van der Waals surface area contributed by atoms with Crippen LogP contribution in [-0.2, 0) is 14.8 Å². The number of primary sulfonamides is 1. The average Bonchev–Trinajstić information content (AvgIpc) is 3.08. The topological polar surface area (TPSA) is 122 Å². The highest BCUT2D eigenvalue weighted by molar-refractivity contribution is 7.89. The first-order chi connectivity index (χ1) is 15.7. The third-order valence-corrected chi connectivity index (χ3v) is 5.92. The Bertz CT molecular complexity index is 1380. The first-order valence-electron chi connectivity index (χ1n) is 9.93. The van der Waals surface area contributed by atoms with Crippen molar-refractivity contribution >= 4 is 45.0 Å². The van der Waals surface area contributed by atoms with E-state index in [1.165, 1.54) is 29.3 Å². The molecule has 1 aliphatic rings. The third-order valence-electron chi connectivity index (χ3n) is 4.99. The van der Waals surface area contributed by atoms with Gasteiger partial charge in [-0.15, -0.1) is 0 Å². The summed E-state index contributed by atoms with van der Waals surface area (Å²) in [5.74, 6) is -0.544. The Kier molecular flexibility index (Phi) is 5.91. The average molecular weight is 461 g/mol. The summed E-state index contributed by atoms with van der Waals surface area (Å²) in [5, 5.41) is 13.5. The van der Waals surface area contributed by atoms with Crippen LogP contribution in [0.4, 0.5) is 11.4 Å². The van der Waals surface area contributed by atoms with Gasteiger partial charge in [0.2, 0.25) is 10.0 Å². The van der Waals surface area contributed by atoms with Crippen LogP contribution in [0.2, 0.25) is 0 Å². The highest BCUT2D eigenvalue weighted by atomic mass is 32.2. The van der Waals surface area contributed by atoms with Gasteiger partial charge in [-0.25, -0.2) is 13.6 Å². The molecule has 0 saturated carbocycles. The molecule has 8 nitrogen and oxygen atoms in total. The van der Waals surface area contributed by atoms with E-state index in [1.807, 2.05) is 6.07 Å². The Labute approximate surface area is 191 Å². The van der Waals surface area contributed by atoms with Crippen LogP contribution in [0.25, 0.3) is 6.08 Å². The maximum Gasteiger partial charge on any atom is 0.280 e. The molecule has 0 aromatic heterocycles. The van der Waals surface area contributed by atoms with E-state index in [0.29, 0.717) is 28.2 Å². The molecule has 3 aromatic rings. The zero-order chi connectivity index (χ0) is 23.6. The van der Waals surface area contributed by atoms with Crippen molar-refractivity contribution < 1.29 is 18.0 Å². The van der Waals surface area contributed by atoms with Gasteiger partial charge in [-0.2, -0.15) is 10.1 Å². The van der Waals surface area contributed by atoms with Crippen molar-refractivity contribution in [1.29, 1.82) is 0 Å². The summed E-state index contributed by atoms with van der Waals surface area (Å²) in [5.41, 5.74) is 3.31. The minimum Gasteiger partial charge on any atom is -0.322 e. The number of nitrogens with one attached hydrogen (secondary N) is 1. The van der Waals surface area contributed by atoms with Gasteiger partial charge in [-0.3, -0.25) is 9.59 Å². The lowest BCUT2D eigenvalue weighted by molar-refractivity contribution is -0.114. The van der Waals surface area contributed by atoms with Crippen LogP contribution in [-0.4, -0.2) is 25.9 Å². The van der Waals surface area contributed by atoms with Crippen LogP contribution in [0.15, 0.2) is 94.4 Å². The van der Waals surface area contributed by atoms with Crippen LogP contribution in [0, 0.1) is 0 Å². The van der Waals surface area contributed by atoms with E-state index in [0.717, 1.165) is 5.56 Å². The summed E-state index contributed by atoms with van der Waals surface area (Å²) in [4.78, 5) is 25.1. The van der Waals surface area contributed by atoms with Crippen LogP contribution < -0.4 is 15.5 Å². The maximum atomic E-state index is 12.9. The highest BCUT2D eigenvalue weighted by Gasteiger charge is 2.28. The van der Waals surface area contributed by atoms with Crippen molar-refractivity contribution in [3.05, 3.63) is 95.6 Å². The molecule has 33 heavy (non-hydrogen) atoms. The van der Waals surface area contributed by atoms with Crippen molar-refractivity contribution in [2.45, 2.75) is 11.8 Å². The van der Waals surface area contributed by atoms with E-state index in [2.05, 4.69) is 10.4 Å². The molecule has 0 fully saturated rings. The number of carbonyl (C=O) groups is 2. The van der Waals surface area contributed by atoms with Gasteiger partial charge in [0.05, 0.1) is 21.9 Å². The standard InChI is InChI=1S/C24H20N4O4S/c1-16-22(24(30)28(27-16)20-11-13-21(14-12-20)33(25,31)32)15-17-7-9-19(10-8-17)26-23(29)18-5-3-2-4-6-18/h2-15H,1H3,(H,26,29)(H2,25,31,32)/b22-15-. The van der Waals surface area contributed by atoms with Crippen LogP contribution in [0.1, 0.15) is 22.8 Å². The van der Waals surface area contributed by atoms with Crippen LogP contribution >= 0.6 is 0 Å². The minimum atomic E-state index is -3.82. The van der Waals surface area contributed by atoms with Crippen molar-refractivity contribution in [2.24, 2.45) is 10.2 Å². The molecule has 0 radical (unpaired) electrons. The Morgan fingerprint density at radius 2 is 1.61 bits per heavy atom. The lowest BCUT2D eigenvalue weighted by atomic mass is 10.1. The summed E-state index contributed by atoms with van der Waals surface area (Å²) in [6.07, 6.45) is 1.71. The van der Waals surface area contributed by atoms with E-state index in [-0.39, 0.29) is 16.7 Å². The Morgan fingerprint density at radius 1 is 0.970 bits per heavy atom. The molecule has 1 heterocycles. The number of sulfonamides is 1. The normalized spacial score (nSPS) is 15.0. The van der Waals surface area contributed by atoms with Gasteiger partial charge in [-0.05, 0) is 67.1 Å². The molecule has 0 bridgehead atoms. The lowest BCUT2D eigenvalue weighted by Crippen LogP contribution is -2.21. The summed E-state index contributed by atoms with van der Waals surface area (Å²) in [6, 6.07) is 21.6. The number of amides is 2. The fraction of sp³-hybridized carbons (Fsp3) is 0.0417. The summed E-state index contributed by atoms with van der Waals surface area (Å²) in [6.45, 7) is 1.72. The quantitative estimate of drug-likeness (QED) is 0.567. The zero-order valence-electron chi connectivity index (χ0n) is 17.6. The van der Waals surface area contributed by atoms with Gasteiger partial charge >= 0.3 is 0 Å². The third kappa shape index (κ3) is 4.89. The van der Waals surface area contributed by atoms with Gasteiger partial charge in [0.25, 0.3) is 11.8 Å². The number of benzene rings is 3. The number of nitrogens with two attached hydrogens (primary N) is 1. The fourth-order valence-electron chi connectivity index (χ4n) is 3.26. The molecule has 0 spiro atoms. The Balaban J connectivity index is 1.49. The monoisotopic (exact) mass is 460 g/mol. The molecule has 9 heteroatoms. The molecule has 4 rings (SSSR count). The number of hydrogen-bond acceptors (Lipinski definition) is 5. The Hall–Kier alpha value is -4.08. The molecule has 0 unspecified atom stereocenters. The predicted octanol–water partition coefficient (Wildman–Crippen LogP) is 3.39. The van der Waals surface area contributed by atoms with Crippen molar-refractivity contribution in [2.75, 3.05) is 10.3 Å². The van der Waals surface area contributed by atoms with Crippen LogP contribution in [0.5, 0.6) is 0 Å². The summed E-state index contributed by atoms with van der Waals surface area (Å²) >= 11 is 0. The number of nitrogens with zero attached hydrogens (tertiary/aromatic N) is 2. The van der Waals surface area contributed by atoms with Gasteiger partial charge in [0, 0.05) is 11.3 Å². The molecule has 2 amide bonds. The summed E-state index contributed by atoms with van der Waals surface area (Å²) in [7, 11) is -3.82. The Morgan fingerprint density at radius 3 is 2.21 bits per heavy atom. The molecule has 0 saturated heterocycles. The number of hydrazone groups is 1. The highest BCUT2D eigenvalue weighted by Crippen LogP contribution is 2.26. The van der Waals surface area contributed by atoms with Gasteiger partial charge in [-0.1, -0.05) is 30.3 Å².